The molecular weight excluding hydrogens is 328 g/mol. The smallest absolute Gasteiger partial charge is 0.205 e. The number of anilines is 2. The molecule has 0 aromatic carbocycles. The molecule has 10 heteroatoms. The maximum absolute atomic E-state index is 5.07. The lowest BCUT2D eigenvalue weighted by Crippen LogP contribution is -2.59. The zero-order valence-corrected chi connectivity index (χ0v) is 14.6. The van der Waals surface area contributed by atoms with Gasteiger partial charge in [-0.15, -0.1) is 15.3 Å². The average Bonchev–Trinajstić information content (AvgIpc) is 3.14. The fourth-order valence-corrected chi connectivity index (χ4v) is 3.38. The summed E-state index contributed by atoms with van der Waals surface area (Å²) in [4.78, 5) is 8.91. The van der Waals surface area contributed by atoms with Crippen LogP contribution in [0.1, 0.15) is 11.6 Å². The first-order valence-corrected chi connectivity index (χ1v) is 8.41. The second-order valence-electron chi connectivity index (χ2n) is 5.80. The van der Waals surface area contributed by atoms with Crippen LogP contribution in [0.5, 0.6) is 0 Å². The van der Waals surface area contributed by atoms with E-state index in [0.717, 1.165) is 41.3 Å². The van der Waals surface area contributed by atoms with Crippen LogP contribution in [0.2, 0.25) is 0 Å². The number of hydrogen-bond acceptors (Lipinski definition) is 9. The van der Waals surface area contributed by atoms with E-state index in [1.807, 2.05) is 19.1 Å². The van der Waals surface area contributed by atoms with E-state index in [2.05, 4.69) is 41.5 Å². The van der Waals surface area contributed by atoms with Crippen molar-refractivity contribution < 1.29 is 4.74 Å². The molecule has 0 aliphatic carbocycles. The Bertz CT molecular complexity index is 855. The van der Waals surface area contributed by atoms with Crippen molar-refractivity contribution in [2.75, 3.05) is 37.0 Å². The molecule has 0 amide bonds. The minimum absolute atomic E-state index is 0.396. The zero-order valence-electron chi connectivity index (χ0n) is 13.7. The summed E-state index contributed by atoms with van der Waals surface area (Å²) in [5, 5.41) is 13.6. The Labute approximate surface area is 143 Å². The van der Waals surface area contributed by atoms with Crippen LogP contribution in [0.25, 0.3) is 5.65 Å². The van der Waals surface area contributed by atoms with Crippen LogP contribution in [-0.2, 0) is 11.3 Å². The van der Waals surface area contributed by atoms with E-state index in [1.54, 1.807) is 11.6 Å². The van der Waals surface area contributed by atoms with Crippen molar-refractivity contribution in [3.8, 4) is 0 Å². The highest BCUT2D eigenvalue weighted by Gasteiger charge is 2.32. The van der Waals surface area contributed by atoms with Crippen molar-refractivity contribution >= 4 is 28.1 Å². The molecule has 0 atom stereocenters. The van der Waals surface area contributed by atoms with E-state index in [4.69, 9.17) is 4.74 Å². The Morgan fingerprint density at radius 2 is 2.17 bits per heavy atom. The van der Waals surface area contributed by atoms with Gasteiger partial charge in [-0.1, -0.05) is 0 Å². The molecule has 1 fully saturated rings. The Hall–Kier alpha value is -2.33. The summed E-state index contributed by atoms with van der Waals surface area (Å²) >= 11 is 1.41. The highest BCUT2D eigenvalue weighted by atomic mass is 32.1. The molecule has 3 aromatic rings. The quantitative estimate of drug-likeness (QED) is 0.669. The highest BCUT2D eigenvalue weighted by Crippen LogP contribution is 2.26. The summed E-state index contributed by atoms with van der Waals surface area (Å²) in [5.41, 5.74) is 0.768. The van der Waals surface area contributed by atoms with E-state index in [0.29, 0.717) is 12.6 Å². The SMILES string of the molecule is COCc1nsc(N(C)C2CN(c3ccc4nnc(C)n4n3)C2)n1. The molecule has 3 aromatic heterocycles. The third kappa shape index (κ3) is 2.57. The second-order valence-corrected chi connectivity index (χ2v) is 6.53. The van der Waals surface area contributed by atoms with Crippen LogP contribution >= 0.6 is 11.5 Å². The lowest BCUT2D eigenvalue weighted by Gasteiger charge is -2.44. The lowest BCUT2D eigenvalue weighted by atomic mass is 10.1. The first-order chi connectivity index (χ1) is 11.7. The molecule has 1 aliphatic rings. The van der Waals surface area contributed by atoms with E-state index >= 15 is 0 Å². The van der Waals surface area contributed by atoms with Crippen LogP contribution in [0.3, 0.4) is 0 Å². The molecule has 0 saturated carbocycles. The molecule has 0 bridgehead atoms. The van der Waals surface area contributed by atoms with Crippen molar-refractivity contribution in [3.63, 3.8) is 0 Å². The molecule has 1 saturated heterocycles. The number of ether oxygens (including phenoxy) is 1. The third-order valence-electron chi connectivity index (χ3n) is 4.17. The van der Waals surface area contributed by atoms with E-state index in [9.17, 15) is 0 Å². The molecule has 1 aliphatic heterocycles. The van der Waals surface area contributed by atoms with E-state index in [1.165, 1.54) is 11.5 Å². The molecule has 0 spiro atoms. The zero-order chi connectivity index (χ0) is 16.7. The van der Waals surface area contributed by atoms with Crippen LogP contribution in [0, 0.1) is 6.92 Å². The molecular formula is C14H18N8OS. The first-order valence-electron chi connectivity index (χ1n) is 7.64. The van der Waals surface area contributed by atoms with Gasteiger partial charge < -0.3 is 14.5 Å². The highest BCUT2D eigenvalue weighted by molar-refractivity contribution is 7.09. The number of aromatic nitrogens is 6. The van der Waals surface area contributed by atoms with Crippen LogP contribution in [0.15, 0.2) is 12.1 Å². The summed E-state index contributed by atoms with van der Waals surface area (Å²) in [7, 11) is 3.70. The van der Waals surface area contributed by atoms with Crippen molar-refractivity contribution in [2.45, 2.75) is 19.6 Å². The molecule has 0 unspecified atom stereocenters. The van der Waals surface area contributed by atoms with Gasteiger partial charge in [0, 0.05) is 38.8 Å². The summed E-state index contributed by atoms with van der Waals surface area (Å²) in [6.07, 6.45) is 0. The fourth-order valence-electron chi connectivity index (χ4n) is 2.67. The second kappa shape index (κ2) is 5.95. The molecule has 4 rings (SSSR count). The summed E-state index contributed by atoms with van der Waals surface area (Å²) in [5.74, 6) is 2.46. The van der Waals surface area contributed by atoms with Gasteiger partial charge in [-0.3, -0.25) is 0 Å². The number of aryl methyl sites for hydroxylation is 1. The minimum atomic E-state index is 0.396. The number of methoxy groups -OCH3 is 1. The molecule has 4 heterocycles. The number of hydrogen-bond donors (Lipinski definition) is 0. The van der Waals surface area contributed by atoms with Gasteiger partial charge in [-0.25, -0.2) is 4.98 Å². The third-order valence-corrected chi connectivity index (χ3v) is 5.02. The number of fused-ring (bicyclic) bond motifs is 1. The first kappa shape index (κ1) is 15.2. The summed E-state index contributed by atoms with van der Waals surface area (Å²) in [6, 6.07) is 4.33. The molecule has 9 nitrogen and oxygen atoms in total. The van der Waals surface area contributed by atoms with Crippen LogP contribution < -0.4 is 9.80 Å². The van der Waals surface area contributed by atoms with Gasteiger partial charge in [0.1, 0.15) is 12.4 Å². The Morgan fingerprint density at radius 1 is 1.33 bits per heavy atom. The van der Waals surface area contributed by atoms with Crippen LogP contribution in [-0.4, -0.2) is 62.5 Å². The van der Waals surface area contributed by atoms with Crippen molar-refractivity contribution in [1.82, 2.24) is 29.2 Å². The monoisotopic (exact) mass is 346 g/mol. The van der Waals surface area contributed by atoms with Crippen LogP contribution in [0.4, 0.5) is 10.9 Å². The van der Waals surface area contributed by atoms with Crippen molar-refractivity contribution in [1.29, 1.82) is 0 Å². The Balaban J connectivity index is 1.43. The summed E-state index contributed by atoms with van der Waals surface area (Å²) < 4.78 is 11.1. The van der Waals surface area contributed by atoms with Gasteiger partial charge in [0.2, 0.25) is 5.13 Å². The largest absolute Gasteiger partial charge is 0.377 e. The number of nitrogens with zero attached hydrogens (tertiary/aromatic N) is 8. The van der Waals surface area contributed by atoms with Gasteiger partial charge in [-0.2, -0.15) is 8.89 Å². The maximum Gasteiger partial charge on any atom is 0.205 e. The van der Waals surface area contributed by atoms with Gasteiger partial charge in [-0.05, 0) is 19.1 Å². The molecule has 0 N–H and O–H groups in total. The standard InChI is InChI=1S/C14H18N8OS/c1-9-16-17-12-4-5-13(18-22(9)12)21-6-10(7-21)20(2)14-15-11(8-23-3)19-24-14/h4-5,10H,6-8H2,1-3H3. The van der Waals surface area contributed by atoms with Crippen molar-refractivity contribution in [2.24, 2.45) is 0 Å². The molecule has 24 heavy (non-hydrogen) atoms. The van der Waals surface area contributed by atoms with Gasteiger partial charge >= 0.3 is 0 Å². The van der Waals surface area contributed by atoms with E-state index < -0.39 is 0 Å². The van der Waals surface area contributed by atoms with Gasteiger partial charge in [0.05, 0.1) is 6.04 Å². The minimum Gasteiger partial charge on any atom is -0.377 e. The van der Waals surface area contributed by atoms with Crippen molar-refractivity contribution in [3.05, 3.63) is 23.8 Å². The average molecular weight is 346 g/mol. The summed E-state index contributed by atoms with van der Waals surface area (Å²) in [6.45, 7) is 4.14. The lowest BCUT2D eigenvalue weighted by molar-refractivity contribution is 0.179. The number of rotatable bonds is 5. The van der Waals surface area contributed by atoms with Gasteiger partial charge in [0.15, 0.2) is 17.3 Å². The maximum atomic E-state index is 5.07. The normalized spacial score (nSPS) is 15.0. The topological polar surface area (TPSA) is 84.6 Å². The number of likely N-dealkylation sites (N-methyl/N-ethyl adjacent to an activating group) is 1. The molecule has 0 radical (unpaired) electrons. The fraction of sp³-hybridized carbons (Fsp3) is 0.500. The predicted octanol–water partition coefficient (Wildman–Crippen LogP) is 0.756. The predicted molar refractivity (Wildman–Crippen MR) is 90.5 cm³/mol. The Kier molecular flexibility index (Phi) is 3.77. The molecule has 126 valence electrons. The van der Waals surface area contributed by atoms with E-state index in [-0.39, 0.29) is 0 Å². The Morgan fingerprint density at radius 3 is 2.96 bits per heavy atom. The van der Waals surface area contributed by atoms with Gasteiger partial charge in [0.25, 0.3) is 0 Å².